The molecule has 0 aliphatic carbocycles. The average Bonchev–Trinajstić information content (AvgIpc) is 3.50. The molecule has 2 aromatic carbocycles. The van der Waals surface area contributed by atoms with Crippen LogP contribution in [0.4, 0.5) is 11.6 Å². The van der Waals surface area contributed by atoms with Gasteiger partial charge in [0.1, 0.15) is 12.4 Å². The van der Waals surface area contributed by atoms with Crippen LogP contribution in [0.2, 0.25) is 0 Å². The van der Waals surface area contributed by atoms with Crippen molar-refractivity contribution in [3.63, 3.8) is 0 Å². The molecule has 0 radical (unpaired) electrons. The van der Waals surface area contributed by atoms with E-state index in [0.717, 1.165) is 58.7 Å². The highest BCUT2D eigenvalue weighted by molar-refractivity contribution is 5.81. The minimum atomic E-state index is 0.516. The third-order valence-corrected chi connectivity index (χ3v) is 5.82. The van der Waals surface area contributed by atoms with E-state index in [1.54, 1.807) is 10.9 Å². The first-order valence-corrected chi connectivity index (χ1v) is 11.2. The molecule has 2 aromatic heterocycles. The van der Waals surface area contributed by atoms with E-state index in [4.69, 9.17) is 11.2 Å². The molecule has 1 aliphatic heterocycles. The molecule has 7 nitrogen and oxygen atoms in total. The van der Waals surface area contributed by atoms with Crippen LogP contribution in [0, 0.1) is 12.3 Å². The molecule has 0 spiro atoms. The van der Waals surface area contributed by atoms with Crippen LogP contribution < -0.4 is 10.1 Å². The monoisotopic (exact) mass is 438 g/mol. The predicted molar refractivity (Wildman–Crippen MR) is 131 cm³/mol. The number of rotatable bonds is 7. The molecule has 4 aromatic rings. The minimum absolute atomic E-state index is 0.516. The van der Waals surface area contributed by atoms with Crippen molar-refractivity contribution in [1.82, 2.24) is 24.6 Å². The first-order chi connectivity index (χ1) is 16.2. The number of anilines is 2. The topological polar surface area (TPSA) is 68.1 Å². The molecule has 1 saturated heterocycles. The third-order valence-electron chi connectivity index (χ3n) is 5.82. The molecule has 0 atom stereocenters. The van der Waals surface area contributed by atoms with E-state index in [0.29, 0.717) is 12.6 Å². The van der Waals surface area contributed by atoms with Crippen molar-refractivity contribution in [2.45, 2.75) is 12.8 Å². The zero-order valence-electron chi connectivity index (χ0n) is 18.7. The molecule has 0 unspecified atom stereocenters. The molecular formula is C26H26N6O. The lowest BCUT2D eigenvalue weighted by Crippen LogP contribution is -2.25. The first-order valence-electron chi connectivity index (χ1n) is 11.2. The minimum Gasteiger partial charge on any atom is -0.492 e. The third kappa shape index (κ3) is 4.97. The zero-order chi connectivity index (χ0) is 22.6. The van der Waals surface area contributed by atoms with Crippen molar-refractivity contribution >= 4 is 22.5 Å². The van der Waals surface area contributed by atoms with Crippen LogP contribution in [0.1, 0.15) is 18.4 Å². The van der Waals surface area contributed by atoms with Gasteiger partial charge in [0.2, 0.25) is 5.95 Å². The number of nitrogens with zero attached hydrogens (tertiary/aromatic N) is 5. The number of hydrogen-bond acceptors (Lipinski definition) is 6. The molecule has 0 bridgehead atoms. The molecule has 3 heterocycles. The number of fused-ring (bicyclic) bond motifs is 1. The zero-order valence-corrected chi connectivity index (χ0v) is 18.7. The molecule has 166 valence electrons. The Labute approximate surface area is 193 Å². The standard InChI is InChI=1S/C26H26N6O/c1-3-19-6-7-25-21(12-19)16-27-26(30-25)29-23-13-20(22-17-28-31(2)18-22)14-24(15-23)33-11-10-32-8-4-5-9-32/h1,6-7,12-18H,4-5,8-11H2,2H3,(H,27,29,30). The van der Waals surface area contributed by atoms with Gasteiger partial charge in [0.25, 0.3) is 0 Å². The molecular weight excluding hydrogens is 412 g/mol. The van der Waals surface area contributed by atoms with Gasteiger partial charge in [-0.3, -0.25) is 9.58 Å². The lowest BCUT2D eigenvalue weighted by Gasteiger charge is -2.16. The van der Waals surface area contributed by atoms with Gasteiger partial charge in [0, 0.05) is 54.3 Å². The van der Waals surface area contributed by atoms with Crippen LogP contribution in [-0.2, 0) is 7.05 Å². The van der Waals surface area contributed by atoms with Gasteiger partial charge in [-0.25, -0.2) is 9.97 Å². The Balaban J connectivity index is 1.40. The fraction of sp³-hybridized carbons (Fsp3) is 0.269. The summed E-state index contributed by atoms with van der Waals surface area (Å²) in [4.78, 5) is 11.6. The number of ether oxygens (including phenoxy) is 1. The van der Waals surface area contributed by atoms with Crippen molar-refractivity contribution in [1.29, 1.82) is 0 Å². The Hall–Kier alpha value is -3.89. The summed E-state index contributed by atoms with van der Waals surface area (Å²) in [7, 11) is 1.91. The van der Waals surface area contributed by atoms with Crippen LogP contribution in [0.3, 0.4) is 0 Å². The Bertz CT molecular complexity index is 1320. The van der Waals surface area contributed by atoms with Gasteiger partial charge in [-0.1, -0.05) is 5.92 Å². The van der Waals surface area contributed by atoms with Gasteiger partial charge in [-0.15, -0.1) is 6.42 Å². The lowest BCUT2D eigenvalue weighted by atomic mass is 10.1. The second kappa shape index (κ2) is 9.31. The maximum absolute atomic E-state index is 6.14. The molecule has 5 rings (SSSR count). The van der Waals surface area contributed by atoms with Crippen LogP contribution in [-0.4, -0.2) is 50.9 Å². The molecule has 1 fully saturated rings. The maximum atomic E-state index is 6.14. The van der Waals surface area contributed by atoms with Crippen molar-refractivity contribution in [3.05, 3.63) is 60.6 Å². The largest absolute Gasteiger partial charge is 0.492 e. The molecule has 0 amide bonds. The SMILES string of the molecule is C#Cc1ccc2nc(Nc3cc(OCCN4CCCC4)cc(-c4cnn(C)c4)c3)ncc2c1. The first kappa shape index (κ1) is 21.0. The van der Waals surface area contributed by atoms with Crippen LogP contribution in [0.25, 0.3) is 22.0 Å². The quantitative estimate of drug-likeness (QED) is 0.436. The van der Waals surface area contributed by atoms with Crippen molar-refractivity contribution < 1.29 is 4.74 Å². The van der Waals surface area contributed by atoms with Crippen LogP contribution in [0.15, 0.2) is 55.0 Å². The van der Waals surface area contributed by atoms with E-state index in [-0.39, 0.29) is 0 Å². The Morgan fingerprint density at radius 1 is 1.09 bits per heavy atom. The predicted octanol–water partition coefficient (Wildman–Crippen LogP) is 4.23. The summed E-state index contributed by atoms with van der Waals surface area (Å²) in [5.41, 5.74) is 4.53. The molecule has 1 aliphatic rings. The highest BCUT2D eigenvalue weighted by Gasteiger charge is 2.12. The highest BCUT2D eigenvalue weighted by Crippen LogP contribution is 2.30. The Morgan fingerprint density at radius 2 is 1.97 bits per heavy atom. The van der Waals surface area contributed by atoms with E-state index in [1.807, 2.05) is 43.7 Å². The smallest absolute Gasteiger partial charge is 0.227 e. The number of aryl methyl sites for hydroxylation is 1. The van der Waals surface area contributed by atoms with Crippen molar-refractivity contribution in [2.24, 2.45) is 7.05 Å². The van der Waals surface area contributed by atoms with Crippen molar-refractivity contribution in [3.8, 4) is 29.2 Å². The number of benzene rings is 2. The van der Waals surface area contributed by atoms with Crippen LogP contribution >= 0.6 is 0 Å². The van der Waals surface area contributed by atoms with Gasteiger partial charge in [0.15, 0.2) is 0 Å². The van der Waals surface area contributed by atoms with Gasteiger partial charge < -0.3 is 10.1 Å². The molecule has 0 saturated carbocycles. The van der Waals surface area contributed by atoms with E-state index in [9.17, 15) is 0 Å². The number of hydrogen-bond donors (Lipinski definition) is 1. The Morgan fingerprint density at radius 3 is 2.76 bits per heavy atom. The average molecular weight is 439 g/mol. The van der Waals surface area contributed by atoms with Gasteiger partial charge >= 0.3 is 0 Å². The summed E-state index contributed by atoms with van der Waals surface area (Å²) in [6.45, 7) is 3.91. The summed E-state index contributed by atoms with van der Waals surface area (Å²) in [5, 5.41) is 8.55. The molecule has 1 N–H and O–H groups in total. The number of likely N-dealkylation sites (tertiary alicyclic amines) is 1. The van der Waals surface area contributed by atoms with E-state index >= 15 is 0 Å². The lowest BCUT2D eigenvalue weighted by molar-refractivity contribution is 0.238. The van der Waals surface area contributed by atoms with Crippen molar-refractivity contribution in [2.75, 3.05) is 31.6 Å². The summed E-state index contributed by atoms with van der Waals surface area (Å²) in [6, 6.07) is 11.8. The Kier molecular flexibility index (Phi) is 5.92. The summed E-state index contributed by atoms with van der Waals surface area (Å²) < 4.78 is 7.93. The second-order valence-corrected chi connectivity index (χ2v) is 8.28. The van der Waals surface area contributed by atoms with Gasteiger partial charge in [-0.2, -0.15) is 5.10 Å². The van der Waals surface area contributed by atoms with Gasteiger partial charge in [-0.05, 0) is 61.8 Å². The van der Waals surface area contributed by atoms with Crippen LogP contribution in [0.5, 0.6) is 5.75 Å². The number of aromatic nitrogens is 4. The normalized spacial score (nSPS) is 13.8. The number of terminal acetylenes is 1. The summed E-state index contributed by atoms with van der Waals surface area (Å²) in [6.07, 6.45) is 13.7. The highest BCUT2D eigenvalue weighted by atomic mass is 16.5. The summed E-state index contributed by atoms with van der Waals surface area (Å²) >= 11 is 0. The second-order valence-electron chi connectivity index (χ2n) is 8.28. The fourth-order valence-electron chi connectivity index (χ4n) is 4.10. The maximum Gasteiger partial charge on any atom is 0.227 e. The van der Waals surface area contributed by atoms with Gasteiger partial charge in [0.05, 0.1) is 11.7 Å². The number of nitrogens with one attached hydrogen (secondary N) is 1. The van der Waals surface area contributed by atoms with E-state index in [1.165, 1.54) is 12.8 Å². The van der Waals surface area contributed by atoms with E-state index in [2.05, 4.69) is 43.3 Å². The molecule has 33 heavy (non-hydrogen) atoms. The summed E-state index contributed by atoms with van der Waals surface area (Å²) in [5.74, 6) is 3.96. The van der Waals surface area contributed by atoms with E-state index < -0.39 is 0 Å². The fourth-order valence-corrected chi connectivity index (χ4v) is 4.10. The molecule has 7 heteroatoms.